The number of hydrogen-bond acceptors (Lipinski definition) is 7. The number of rotatable bonds is 2. The molecule has 7 heteroatoms. The van der Waals surface area contributed by atoms with Gasteiger partial charge in [-0.3, -0.25) is 4.98 Å². The van der Waals surface area contributed by atoms with Crippen molar-refractivity contribution in [1.29, 1.82) is 0 Å². The highest BCUT2D eigenvalue weighted by atomic mass is 15.4. The van der Waals surface area contributed by atoms with Gasteiger partial charge in [-0.05, 0) is 19.9 Å². The maximum atomic E-state index is 5.98. The molecule has 1 aliphatic rings. The standard InChI is InChI=1S/C14H19N7/c1-10-11(2)18-19-14(17-10)21-7-5-20(6-8-21)13-3-4-16-9-12(13)15/h3-4,9H,5-8,15H2,1-2H3. The largest absolute Gasteiger partial charge is 0.396 e. The molecule has 2 N–H and O–H groups in total. The normalized spacial score (nSPS) is 15.3. The molecule has 21 heavy (non-hydrogen) atoms. The van der Waals surface area contributed by atoms with Crippen molar-refractivity contribution in [1.82, 2.24) is 20.2 Å². The van der Waals surface area contributed by atoms with E-state index >= 15 is 0 Å². The van der Waals surface area contributed by atoms with Crippen molar-refractivity contribution in [2.45, 2.75) is 13.8 Å². The van der Waals surface area contributed by atoms with Crippen LogP contribution in [0.15, 0.2) is 18.5 Å². The van der Waals surface area contributed by atoms with Crippen LogP contribution in [0.3, 0.4) is 0 Å². The quantitative estimate of drug-likeness (QED) is 0.873. The first-order chi connectivity index (χ1) is 10.1. The highest BCUT2D eigenvalue weighted by molar-refractivity contribution is 5.66. The molecule has 0 amide bonds. The Kier molecular flexibility index (Phi) is 3.55. The Morgan fingerprint density at radius 3 is 2.38 bits per heavy atom. The molecule has 0 unspecified atom stereocenters. The lowest BCUT2D eigenvalue weighted by Gasteiger charge is -2.36. The molecule has 0 atom stereocenters. The molecule has 3 rings (SSSR count). The monoisotopic (exact) mass is 285 g/mol. The summed E-state index contributed by atoms with van der Waals surface area (Å²) in [4.78, 5) is 13.0. The summed E-state index contributed by atoms with van der Waals surface area (Å²) in [6, 6.07) is 1.96. The molecular formula is C14H19N7. The van der Waals surface area contributed by atoms with E-state index in [4.69, 9.17) is 5.73 Å². The van der Waals surface area contributed by atoms with Crippen LogP contribution in [-0.2, 0) is 0 Å². The maximum absolute atomic E-state index is 5.98. The predicted octanol–water partition coefficient (Wildman–Crippen LogP) is 0.792. The Bertz CT molecular complexity index is 635. The van der Waals surface area contributed by atoms with Gasteiger partial charge < -0.3 is 15.5 Å². The third kappa shape index (κ3) is 2.72. The number of hydrogen-bond donors (Lipinski definition) is 1. The zero-order valence-electron chi connectivity index (χ0n) is 12.3. The van der Waals surface area contributed by atoms with E-state index in [9.17, 15) is 0 Å². The van der Waals surface area contributed by atoms with E-state index in [0.29, 0.717) is 5.95 Å². The van der Waals surface area contributed by atoms with E-state index in [1.54, 1.807) is 12.4 Å². The van der Waals surface area contributed by atoms with Gasteiger partial charge in [0.25, 0.3) is 0 Å². The number of piperazine rings is 1. The molecule has 0 radical (unpaired) electrons. The summed E-state index contributed by atoms with van der Waals surface area (Å²) in [7, 11) is 0. The fourth-order valence-corrected chi connectivity index (χ4v) is 2.41. The van der Waals surface area contributed by atoms with Crippen LogP contribution in [0.5, 0.6) is 0 Å². The van der Waals surface area contributed by atoms with Gasteiger partial charge in [-0.15, -0.1) is 5.10 Å². The third-order valence-electron chi connectivity index (χ3n) is 3.81. The summed E-state index contributed by atoms with van der Waals surface area (Å²) >= 11 is 0. The van der Waals surface area contributed by atoms with Crippen LogP contribution in [0.1, 0.15) is 11.4 Å². The molecule has 3 heterocycles. The molecule has 1 aliphatic heterocycles. The molecule has 7 nitrogen and oxygen atoms in total. The van der Waals surface area contributed by atoms with Gasteiger partial charge in [0, 0.05) is 32.4 Å². The second kappa shape index (κ2) is 5.51. The van der Waals surface area contributed by atoms with Gasteiger partial charge in [0.15, 0.2) is 0 Å². The summed E-state index contributed by atoms with van der Waals surface area (Å²) in [5.74, 6) is 0.709. The van der Waals surface area contributed by atoms with Crippen LogP contribution in [0.25, 0.3) is 0 Å². The van der Waals surface area contributed by atoms with Gasteiger partial charge in [0.05, 0.1) is 29.0 Å². The molecule has 0 saturated carbocycles. The molecule has 0 spiro atoms. The van der Waals surface area contributed by atoms with Gasteiger partial charge in [-0.1, -0.05) is 0 Å². The molecule has 0 aromatic carbocycles. The number of nitrogens with two attached hydrogens (primary N) is 1. The van der Waals surface area contributed by atoms with Crippen molar-refractivity contribution in [2.75, 3.05) is 41.7 Å². The molecule has 2 aromatic heterocycles. The zero-order valence-corrected chi connectivity index (χ0v) is 12.3. The van der Waals surface area contributed by atoms with Crippen molar-refractivity contribution in [2.24, 2.45) is 0 Å². The number of pyridine rings is 1. The Hall–Kier alpha value is -2.44. The van der Waals surface area contributed by atoms with E-state index in [-0.39, 0.29) is 0 Å². The summed E-state index contributed by atoms with van der Waals surface area (Å²) in [5.41, 5.74) is 9.55. The molecule has 0 aliphatic carbocycles. The Labute approximate surface area is 123 Å². The minimum absolute atomic E-state index is 0.709. The summed E-state index contributed by atoms with van der Waals surface area (Å²) in [5, 5.41) is 8.34. The van der Waals surface area contributed by atoms with Crippen LogP contribution >= 0.6 is 0 Å². The molecule has 1 fully saturated rings. The number of nitrogens with zero attached hydrogens (tertiary/aromatic N) is 6. The second-order valence-corrected chi connectivity index (χ2v) is 5.19. The van der Waals surface area contributed by atoms with Crippen LogP contribution in [0.4, 0.5) is 17.3 Å². The summed E-state index contributed by atoms with van der Waals surface area (Å²) in [6.07, 6.45) is 3.46. The van der Waals surface area contributed by atoms with Gasteiger partial charge in [0.1, 0.15) is 0 Å². The van der Waals surface area contributed by atoms with Gasteiger partial charge in [0.2, 0.25) is 5.95 Å². The van der Waals surface area contributed by atoms with Crippen LogP contribution < -0.4 is 15.5 Å². The van der Waals surface area contributed by atoms with Crippen molar-refractivity contribution in [3.63, 3.8) is 0 Å². The smallest absolute Gasteiger partial charge is 0.245 e. The van der Waals surface area contributed by atoms with Crippen molar-refractivity contribution < 1.29 is 0 Å². The van der Waals surface area contributed by atoms with Crippen molar-refractivity contribution in [3.05, 3.63) is 29.8 Å². The first-order valence-electron chi connectivity index (χ1n) is 7.02. The van der Waals surface area contributed by atoms with Gasteiger partial charge >= 0.3 is 0 Å². The fraction of sp³-hybridized carbons (Fsp3) is 0.429. The number of nitrogen functional groups attached to an aromatic ring is 1. The van der Waals surface area contributed by atoms with Crippen LogP contribution in [0, 0.1) is 13.8 Å². The lowest BCUT2D eigenvalue weighted by Crippen LogP contribution is -2.47. The fourth-order valence-electron chi connectivity index (χ4n) is 2.41. The first kappa shape index (κ1) is 13.5. The number of aryl methyl sites for hydroxylation is 2. The first-order valence-corrected chi connectivity index (χ1v) is 7.02. The lowest BCUT2D eigenvalue weighted by molar-refractivity contribution is 0.632. The topological polar surface area (TPSA) is 84.1 Å². The van der Waals surface area contributed by atoms with E-state index in [1.165, 1.54) is 0 Å². The van der Waals surface area contributed by atoms with E-state index in [0.717, 1.165) is 48.9 Å². The van der Waals surface area contributed by atoms with Gasteiger partial charge in [-0.2, -0.15) is 5.10 Å². The highest BCUT2D eigenvalue weighted by Crippen LogP contribution is 2.23. The second-order valence-electron chi connectivity index (χ2n) is 5.19. The average Bonchev–Trinajstić information content (AvgIpc) is 2.51. The highest BCUT2D eigenvalue weighted by Gasteiger charge is 2.21. The predicted molar refractivity (Wildman–Crippen MR) is 82.4 cm³/mol. The van der Waals surface area contributed by atoms with Crippen LogP contribution in [0.2, 0.25) is 0 Å². The lowest BCUT2D eigenvalue weighted by atomic mass is 10.2. The molecular weight excluding hydrogens is 266 g/mol. The van der Waals surface area contributed by atoms with Crippen molar-refractivity contribution >= 4 is 17.3 Å². The minimum Gasteiger partial charge on any atom is -0.396 e. The van der Waals surface area contributed by atoms with Crippen molar-refractivity contribution in [3.8, 4) is 0 Å². The molecule has 1 saturated heterocycles. The van der Waals surface area contributed by atoms with Gasteiger partial charge in [-0.25, -0.2) is 4.98 Å². The SMILES string of the molecule is Cc1nnc(N2CCN(c3ccncc3N)CC2)nc1C. The molecule has 110 valence electrons. The summed E-state index contributed by atoms with van der Waals surface area (Å²) in [6.45, 7) is 7.34. The summed E-state index contributed by atoms with van der Waals surface area (Å²) < 4.78 is 0. The average molecular weight is 285 g/mol. The Balaban J connectivity index is 1.70. The molecule has 2 aromatic rings. The van der Waals surface area contributed by atoms with Crippen LogP contribution in [-0.4, -0.2) is 46.3 Å². The third-order valence-corrected chi connectivity index (χ3v) is 3.81. The maximum Gasteiger partial charge on any atom is 0.245 e. The number of anilines is 3. The Morgan fingerprint density at radius 2 is 1.71 bits per heavy atom. The Morgan fingerprint density at radius 1 is 1.00 bits per heavy atom. The minimum atomic E-state index is 0.709. The zero-order chi connectivity index (χ0) is 14.8. The van der Waals surface area contributed by atoms with E-state index in [2.05, 4.69) is 30.0 Å². The molecule has 0 bridgehead atoms. The van der Waals surface area contributed by atoms with E-state index in [1.807, 2.05) is 19.9 Å². The van der Waals surface area contributed by atoms with E-state index < -0.39 is 0 Å². The number of aromatic nitrogens is 4.